The number of carbonyl (C=O) groups is 1. The topological polar surface area (TPSA) is 59.6 Å². The maximum Gasteiger partial charge on any atom is 0.262 e. The normalized spacial score (nSPS) is 10.3. The molecule has 0 saturated heterocycles. The Morgan fingerprint density at radius 3 is 2.59 bits per heavy atom. The van der Waals surface area contributed by atoms with Crippen molar-refractivity contribution >= 4 is 28.9 Å². The molecule has 5 nitrogen and oxygen atoms in total. The summed E-state index contributed by atoms with van der Waals surface area (Å²) >= 11 is 6.01. The van der Waals surface area contributed by atoms with Crippen LogP contribution in [0.2, 0.25) is 5.02 Å². The Morgan fingerprint density at radius 1 is 1.00 bits per heavy atom. The third-order valence-corrected chi connectivity index (χ3v) is 4.56. The van der Waals surface area contributed by atoms with Gasteiger partial charge in [0.25, 0.3) is 5.91 Å². The molecule has 0 aliphatic heterocycles. The second-order valence-corrected chi connectivity index (χ2v) is 6.94. The molecule has 0 spiro atoms. The Labute approximate surface area is 175 Å². The Balaban J connectivity index is 1.58. The third-order valence-electron chi connectivity index (χ3n) is 4.33. The van der Waals surface area contributed by atoms with Crippen molar-refractivity contribution in [3.8, 4) is 11.5 Å². The summed E-state index contributed by atoms with van der Waals surface area (Å²) in [5.41, 5.74) is 3.72. The maximum absolute atomic E-state index is 12.2. The average molecular weight is 411 g/mol. The molecule has 0 radical (unpaired) electrons. The zero-order chi connectivity index (χ0) is 20.6. The van der Waals surface area contributed by atoms with Crippen LogP contribution in [-0.2, 0) is 11.3 Å². The number of hydrogen-bond acceptors (Lipinski definition) is 4. The first kappa shape index (κ1) is 20.6. The van der Waals surface area contributed by atoms with Crippen molar-refractivity contribution in [2.75, 3.05) is 24.4 Å². The molecule has 0 aliphatic carbocycles. The number of nitrogens with one attached hydrogen (secondary N) is 2. The molecule has 150 valence electrons. The van der Waals surface area contributed by atoms with Crippen molar-refractivity contribution in [2.45, 2.75) is 13.5 Å². The minimum Gasteiger partial charge on any atom is -0.493 e. The fourth-order valence-corrected chi connectivity index (χ4v) is 2.98. The summed E-state index contributed by atoms with van der Waals surface area (Å²) in [7, 11) is 1.57. The zero-order valence-corrected chi connectivity index (χ0v) is 17.1. The summed E-state index contributed by atoms with van der Waals surface area (Å²) in [5, 5.41) is 6.84. The van der Waals surface area contributed by atoms with Crippen molar-refractivity contribution in [3.05, 3.63) is 82.9 Å². The highest BCUT2D eigenvalue weighted by atomic mass is 35.5. The lowest BCUT2D eigenvalue weighted by Gasteiger charge is -2.13. The van der Waals surface area contributed by atoms with Gasteiger partial charge in [0.05, 0.1) is 7.11 Å². The number of amides is 1. The molecule has 3 aromatic carbocycles. The van der Waals surface area contributed by atoms with E-state index >= 15 is 0 Å². The molecule has 3 rings (SSSR count). The molecule has 0 bridgehead atoms. The van der Waals surface area contributed by atoms with Crippen molar-refractivity contribution in [3.63, 3.8) is 0 Å². The summed E-state index contributed by atoms with van der Waals surface area (Å²) in [6.07, 6.45) is 0. The van der Waals surface area contributed by atoms with E-state index < -0.39 is 0 Å². The van der Waals surface area contributed by atoms with Gasteiger partial charge in [-0.3, -0.25) is 4.79 Å². The number of rotatable bonds is 8. The van der Waals surface area contributed by atoms with Crippen molar-refractivity contribution < 1.29 is 14.3 Å². The number of para-hydroxylation sites is 1. The van der Waals surface area contributed by atoms with E-state index in [4.69, 9.17) is 21.1 Å². The molecule has 29 heavy (non-hydrogen) atoms. The van der Waals surface area contributed by atoms with Gasteiger partial charge >= 0.3 is 0 Å². The van der Waals surface area contributed by atoms with Crippen LogP contribution in [0.1, 0.15) is 11.1 Å². The summed E-state index contributed by atoms with van der Waals surface area (Å²) in [4.78, 5) is 12.2. The van der Waals surface area contributed by atoms with E-state index in [-0.39, 0.29) is 12.5 Å². The number of benzene rings is 3. The average Bonchev–Trinajstić information content (AvgIpc) is 2.72. The highest BCUT2D eigenvalue weighted by Crippen LogP contribution is 2.28. The number of methoxy groups -OCH3 is 1. The van der Waals surface area contributed by atoms with E-state index in [1.54, 1.807) is 13.2 Å². The second-order valence-electron chi connectivity index (χ2n) is 6.50. The van der Waals surface area contributed by atoms with E-state index in [9.17, 15) is 4.79 Å². The molecule has 0 atom stereocenters. The maximum atomic E-state index is 12.2. The number of hydrogen-bond donors (Lipinski definition) is 2. The van der Waals surface area contributed by atoms with Gasteiger partial charge < -0.3 is 20.1 Å². The quantitative estimate of drug-likeness (QED) is 0.530. The number of aryl methyl sites for hydroxylation is 1. The number of carbonyl (C=O) groups excluding carboxylic acids is 1. The SMILES string of the molecule is COc1cc(CNc2cccc(Cl)c2)ccc1OCC(=O)Nc1ccccc1C. The molecule has 0 heterocycles. The van der Waals surface area contributed by atoms with E-state index in [2.05, 4.69) is 10.6 Å². The van der Waals surface area contributed by atoms with Gasteiger partial charge in [-0.05, 0) is 54.4 Å². The number of anilines is 2. The predicted octanol–water partition coefficient (Wildman–Crippen LogP) is 5.29. The second kappa shape index (κ2) is 9.85. The summed E-state index contributed by atoms with van der Waals surface area (Å²) in [6, 6.07) is 20.7. The fraction of sp³-hybridized carbons (Fsp3) is 0.174. The standard InChI is InChI=1S/C23H23ClN2O3/c1-16-6-3-4-9-20(16)26-23(27)15-29-21-11-10-17(12-22(21)28-2)14-25-19-8-5-7-18(24)13-19/h3-13,25H,14-15H2,1-2H3,(H,26,27). The molecular formula is C23H23ClN2O3. The smallest absolute Gasteiger partial charge is 0.262 e. The van der Waals surface area contributed by atoms with Crippen LogP contribution in [0.15, 0.2) is 66.7 Å². The van der Waals surface area contributed by atoms with Gasteiger partial charge in [-0.1, -0.05) is 41.9 Å². The molecule has 2 N–H and O–H groups in total. The number of ether oxygens (including phenoxy) is 2. The summed E-state index contributed by atoms with van der Waals surface area (Å²) < 4.78 is 11.1. The van der Waals surface area contributed by atoms with Crippen LogP contribution in [-0.4, -0.2) is 19.6 Å². The Morgan fingerprint density at radius 2 is 1.83 bits per heavy atom. The van der Waals surface area contributed by atoms with Gasteiger partial charge in [-0.25, -0.2) is 0 Å². The van der Waals surface area contributed by atoms with E-state index in [1.807, 2.05) is 67.6 Å². The van der Waals surface area contributed by atoms with Gasteiger partial charge in [-0.15, -0.1) is 0 Å². The van der Waals surface area contributed by atoms with Gasteiger partial charge in [-0.2, -0.15) is 0 Å². The lowest BCUT2D eigenvalue weighted by Crippen LogP contribution is -2.20. The largest absolute Gasteiger partial charge is 0.493 e. The molecule has 0 saturated carbocycles. The molecule has 3 aromatic rings. The Kier molecular flexibility index (Phi) is 6.98. The van der Waals surface area contributed by atoms with Crippen molar-refractivity contribution in [2.24, 2.45) is 0 Å². The van der Waals surface area contributed by atoms with Crippen LogP contribution >= 0.6 is 11.6 Å². The van der Waals surface area contributed by atoms with Crippen molar-refractivity contribution in [1.82, 2.24) is 0 Å². The van der Waals surface area contributed by atoms with Gasteiger partial charge in [0.2, 0.25) is 0 Å². The van der Waals surface area contributed by atoms with Crippen molar-refractivity contribution in [1.29, 1.82) is 0 Å². The first-order chi connectivity index (χ1) is 14.0. The first-order valence-corrected chi connectivity index (χ1v) is 9.57. The molecule has 1 amide bonds. The molecule has 6 heteroatoms. The van der Waals surface area contributed by atoms with E-state index in [1.165, 1.54) is 0 Å². The molecule has 0 aliphatic rings. The highest BCUT2D eigenvalue weighted by molar-refractivity contribution is 6.30. The first-order valence-electron chi connectivity index (χ1n) is 9.20. The molecular weight excluding hydrogens is 388 g/mol. The molecule has 0 fully saturated rings. The molecule has 0 aromatic heterocycles. The van der Waals surface area contributed by atoms with Gasteiger partial charge in [0.1, 0.15) is 0 Å². The Hall–Kier alpha value is -3.18. The third kappa shape index (κ3) is 5.90. The predicted molar refractivity (Wildman–Crippen MR) is 117 cm³/mol. The van der Waals surface area contributed by atoms with E-state index in [0.717, 1.165) is 22.5 Å². The van der Waals surface area contributed by atoms with Gasteiger partial charge in [0.15, 0.2) is 18.1 Å². The van der Waals surface area contributed by atoms with Crippen LogP contribution < -0.4 is 20.1 Å². The lowest BCUT2D eigenvalue weighted by molar-refractivity contribution is -0.118. The monoisotopic (exact) mass is 410 g/mol. The lowest BCUT2D eigenvalue weighted by atomic mass is 10.2. The minimum atomic E-state index is -0.229. The van der Waals surface area contributed by atoms with Crippen LogP contribution in [0.4, 0.5) is 11.4 Å². The van der Waals surface area contributed by atoms with Crippen LogP contribution in [0.25, 0.3) is 0 Å². The highest BCUT2D eigenvalue weighted by Gasteiger charge is 2.10. The van der Waals surface area contributed by atoms with Crippen LogP contribution in [0.3, 0.4) is 0 Å². The molecule has 0 unspecified atom stereocenters. The van der Waals surface area contributed by atoms with Crippen LogP contribution in [0.5, 0.6) is 11.5 Å². The van der Waals surface area contributed by atoms with E-state index in [0.29, 0.717) is 23.1 Å². The fourth-order valence-electron chi connectivity index (χ4n) is 2.79. The number of halogens is 1. The van der Waals surface area contributed by atoms with Gasteiger partial charge in [0, 0.05) is 22.9 Å². The van der Waals surface area contributed by atoms with Crippen LogP contribution in [0, 0.1) is 6.92 Å². The Bertz CT molecular complexity index is 991. The summed E-state index contributed by atoms with van der Waals surface area (Å²) in [5.74, 6) is 0.853. The zero-order valence-electron chi connectivity index (χ0n) is 16.4. The minimum absolute atomic E-state index is 0.106. The summed E-state index contributed by atoms with van der Waals surface area (Å²) in [6.45, 7) is 2.44.